The van der Waals surface area contributed by atoms with E-state index in [4.69, 9.17) is 27.9 Å². The number of ether oxygens (including phenoxy) is 1. The summed E-state index contributed by atoms with van der Waals surface area (Å²) in [6, 6.07) is 7.00. The molecule has 1 saturated heterocycles. The summed E-state index contributed by atoms with van der Waals surface area (Å²) in [6.07, 6.45) is 1.43. The topological polar surface area (TPSA) is 58.6 Å². The normalized spacial score (nSPS) is 15.9. The lowest BCUT2D eigenvalue weighted by Gasteiger charge is -2.37. The lowest BCUT2D eigenvalue weighted by molar-refractivity contribution is -0.146. The van der Waals surface area contributed by atoms with Gasteiger partial charge in [0.15, 0.2) is 5.60 Å². The van der Waals surface area contributed by atoms with E-state index in [0.29, 0.717) is 36.7 Å². The van der Waals surface area contributed by atoms with Crippen molar-refractivity contribution < 1.29 is 14.3 Å². The van der Waals surface area contributed by atoms with Gasteiger partial charge in [0.2, 0.25) is 5.91 Å². The van der Waals surface area contributed by atoms with Gasteiger partial charge in [0.05, 0.1) is 0 Å². The van der Waals surface area contributed by atoms with Crippen LogP contribution in [0.2, 0.25) is 5.02 Å². The summed E-state index contributed by atoms with van der Waals surface area (Å²) < 4.78 is 5.84. The van der Waals surface area contributed by atoms with Crippen LogP contribution in [0.15, 0.2) is 24.3 Å². The Kier molecular flexibility index (Phi) is 6.35. The molecule has 1 aromatic carbocycles. The molecule has 5 nitrogen and oxygen atoms in total. The van der Waals surface area contributed by atoms with E-state index >= 15 is 0 Å². The fourth-order valence-electron chi connectivity index (χ4n) is 2.71. The SMILES string of the molecule is CC(C)(Oc1ccc(Cl)cc1)C(=O)N1CCC(NC(=O)CCl)CC1. The van der Waals surface area contributed by atoms with Crippen molar-refractivity contribution in [3.63, 3.8) is 0 Å². The van der Waals surface area contributed by atoms with Crippen LogP contribution >= 0.6 is 23.2 Å². The molecular weight excluding hydrogens is 351 g/mol. The van der Waals surface area contributed by atoms with Crippen molar-refractivity contribution in [1.29, 1.82) is 0 Å². The van der Waals surface area contributed by atoms with Gasteiger partial charge in [0.1, 0.15) is 11.6 Å². The first-order valence-electron chi connectivity index (χ1n) is 7.91. The van der Waals surface area contributed by atoms with Crippen LogP contribution in [-0.4, -0.2) is 47.3 Å². The number of carbonyl (C=O) groups excluding carboxylic acids is 2. The van der Waals surface area contributed by atoms with Crippen LogP contribution in [-0.2, 0) is 9.59 Å². The van der Waals surface area contributed by atoms with Crippen LogP contribution in [0.1, 0.15) is 26.7 Å². The minimum atomic E-state index is -0.972. The highest BCUT2D eigenvalue weighted by Gasteiger charge is 2.36. The Morgan fingerprint density at radius 1 is 1.25 bits per heavy atom. The molecule has 1 heterocycles. The van der Waals surface area contributed by atoms with Crippen molar-refractivity contribution in [3.05, 3.63) is 29.3 Å². The number of alkyl halides is 1. The van der Waals surface area contributed by atoms with Gasteiger partial charge < -0.3 is 15.0 Å². The second-order valence-electron chi connectivity index (χ2n) is 6.33. The molecule has 0 aliphatic carbocycles. The number of amides is 2. The quantitative estimate of drug-likeness (QED) is 0.808. The molecule has 0 aromatic heterocycles. The molecule has 0 atom stereocenters. The van der Waals surface area contributed by atoms with E-state index in [-0.39, 0.29) is 23.7 Å². The van der Waals surface area contributed by atoms with Crippen molar-refractivity contribution >= 4 is 35.0 Å². The third kappa shape index (κ3) is 5.02. The van der Waals surface area contributed by atoms with Crippen molar-refractivity contribution in [3.8, 4) is 5.75 Å². The molecule has 2 rings (SSSR count). The van der Waals surface area contributed by atoms with Crippen LogP contribution in [0, 0.1) is 0 Å². The van der Waals surface area contributed by atoms with Crippen LogP contribution in [0.3, 0.4) is 0 Å². The Morgan fingerprint density at radius 3 is 2.38 bits per heavy atom. The Balaban J connectivity index is 1.91. The molecule has 7 heteroatoms. The number of hydrogen-bond donors (Lipinski definition) is 1. The maximum absolute atomic E-state index is 12.7. The van der Waals surface area contributed by atoms with Gasteiger partial charge in [-0.25, -0.2) is 0 Å². The summed E-state index contributed by atoms with van der Waals surface area (Å²) in [6.45, 7) is 4.68. The number of nitrogens with zero attached hydrogens (tertiary/aromatic N) is 1. The minimum absolute atomic E-state index is 0.0406. The molecule has 1 fully saturated rings. The summed E-state index contributed by atoms with van der Waals surface area (Å²) in [5, 5.41) is 3.48. The minimum Gasteiger partial charge on any atom is -0.478 e. The number of halogens is 2. The molecule has 132 valence electrons. The van der Waals surface area contributed by atoms with Crippen molar-refractivity contribution in [2.45, 2.75) is 38.3 Å². The highest BCUT2D eigenvalue weighted by Crippen LogP contribution is 2.23. The summed E-state index contributed by atoms with van der Waals surface area (Å²) in [5.74, 6) is 0.315. The van der Waals surface area contributed by atoms with E-state index < -0.39 is 5.60 Å². The van der Waals surface area contributed by atoms with Gasteiger partial charge in [-0.2, -0.15) is 0 Å². The van der Waals surface area contributed by atoms with Crippen molar-refractivity contribution in [2.75, 3.05) is 19.0 Å². The number of hydrogen-bond acceptors (Lipinski definition) is 3. The predicted octanol–water partition coefficient (Wildman–Crippen LogP) is 2.84. The van der Waals surface area contributed by atoms with E-state index in [1.54, 1.807) is 43.0 Å². The summed E-state index contributed by atoms with van der Waals surface area (Å²) in [7, 11) is 0. The Bertz CT molecular complexity index is 582. The molecule has 2 amide bonds. The predicted molar refractivity (Wildman–Crippen MR) is 94.6 cm³/mol. The van der Waals surface area contributed by atoms with Crippen LogP contribution in [0.25, 0.3) is 0 Å². The highest BCUT2D eigenvalue weighted by molar-refractivity contribution is 6.30. The molecule has 1 aliphatic heterocycles. The van der Waals surface area contributed by atoms with Gasteiger partial charge in [0, 0.05) is 24.2 Å². The van der Waals surface area contributed by atoms with Gasteiger partial charge in [-0.15, -0.1) is 11.6 Å². The largest absolute Gasteiger partial charge is 0.478 e. The maximum Gasteiger partial charge on any atom is 0.266 e. The maximum atomic E-state index is 12.7. The zero-order valence-corrected chi connectivity index (χ0v) is 15.4. The Hall–Kier alpha value is -1.46. The Morgan fingerprint density at radius 2 is 1.83 bits per heavy atom. The van der Waals surface area contributed by atoms with Crippen LogP contribution < -0.4 is 10.1 Å². The number of piperidine rings is 1. The van der Waals surface area contributed by atoms with Gasteiger partial charge >= 0.3 is 0 Å². The smallest absolute Gasteiger partial charge is 0.266 e. The average molecular weight is 373 g/mol. The van der Waals surface area contributed by atoms with E-state index in [1.807, 2.05) is 0 Å². The molecule has 1 N–H and O–H groups in total. The van der Waals surface area contributed by atoms with E-state index in [1.165, 1.54) is 0 Å². The molecule has 0 radical (unpaired) electrons. The fraction of sp³-hybridized carbons (Fsp3) is 0.529. The molecule has 0 saturated carbocycles. The van der Waals surface area contributed by atoms with E-state index in [2.05, 4.69) is 5.32 Å². The molecule has 0 spiro atoms. The standard InChI is InChI=1S/C17H22Cl2N2O3/c1-17(2,24-14-5-3-12(19)4-6-14)16(23)21-9-7-13(8-10-21)20-15(22)11-18/h3-6,13H,7-11H2,1-2H3,(H,20,22). The first-order valence-corrected chi connectivity index (χ1v) is 8.82. The second kappa shape index (κ2) is 8.08. The molecule has 0 unspecified atom stereocenters. The lowest BCUT2D eigenvalue weighted by atomic mass is 10.0. The Labute approximate surface area is 152 Å². The highest BCUT2D eigenvalue weighted by atomic mass is 35.5. The average Bonchev–Trinajstić information content (AvgIpc) is 2.56. The number of rotatable bonds is 5. The van der Waals surface area contributed by atoms with Gasteiger partial charge in [-0.05, 0) is 51.0 Å². The monoisotopic (exact) mass is 372 g/mol. The second-order valence-corrected chi connectivity index (χ2v) is 7.04. The summed E-state index contributed by atoms with van der Waals surface area (Å²) in [4.78, 5) is 25.8. The summed E-state index contributed by atoms with van der Waals surface area (Å²) >= 11 is 11.4. The molecule has 1 aliphatic rings. The van der Waals surface area contributed by atoms with Gasteiger partial charge in [-0.3, -0.25) is 9.59 Å². The molecular formula is C17H22Cl2N2O3. The zero-order chi connectivity index (χ0) is 17.7. The van der Waals surface area contributed by atoms with E-state index in [0.717, 1.165) is 0 Å². The lowest BCUT2D eigenvalue weighted by Crippen LogP contribution is -2.53. The third-order valence-corrected chi connectivity index (χ3v) is 4.47. The van der Waals surface area contributed by atoms with Crippen LogP contribution in [0.5, 0.6) is 5.75 Å². The fourth-order valence-corrected chi connectivity index (χ4v) is 2.92. The number of nitrogens with one attached hydrogen (secondary N) is 1. The molecule has 1 aromatic rings. The molecule has 24 heavy (non-hydrogen) atoms. The first-order chi connectivity index (χ1) is 11.3. The molecule has 0 bridgehead atoms. The summed E-state index contributed by atoms with van der Waals surface area (Å²) in [5.41, 5.74) is -0.972. The van der Waals surface area contributed by atoms with Crippen molar-refractivity contribution in [2.24, 2.45) is 0 Å². The van der Waals surface area contributed by atoms with Gasteiger partial charge in [0.25, 0.3) is 5.91 Å². The van der Waals surface area contributed by atoms with E-state index in [9.17, 15) is 9.59 Å². The third-order valence-electron chi connectivity index (χ3n) is 3.97. The number of benzene rings is 1. The zero-order valence-electron chi connectivity index (χ0n) is 13.9. The number of likely N-dealkylation sites (tertiary alicyclic amines) is 1. The van der Waals surface area contributed by atoms with Crippen LogP contribution in [0.4, 0.5) is 0 Å². The van der Waals surface area contributed by atoms with Crippen molar-refractivity contribution in [1.82, 2.24) is 10.2 Å². The van der Waals surface area contributed by atoms with Gasteiger partial charge in [-0.1, -0.05) is 11.6 Å². The first kappa shape index (κ1) is 18.9. The number of carbonyl (C=O) groups is 2.